The highest BCUT2D eigenvalue weighted by molar-refractivity contribution is 6.31. The summed E-state index contributed by atoms with van der Waals surface area (Å²) in [5.74, 6) is 0.775. The van der Waals surface area contributed by atoms with Crippen LogP contribution in [-0.4, -0.2) is 19.6 Å². The molecule has 0 saturated carbocycles. The minimum absolute atomic E-state index is 0.0764. The molecule has 0 aliphatic heterocycles. The van der Waals surface area contributed by atoms with Gasteiger partial charge >= 0.3 is 0 Å². The van der Waals surface area contributed by atoms with E-state index in [-0.39, 0.29) is 6.10 Å². The average Bonchev–Trinajstić information content (AvgIpc) is 3.40. The maximum atomic E-state index is 9.17. The second-order valence-electron chi connectivity index (χ2n) is 6.94. The monoisotopic (exact) mass is 389 g/mol. The first kappa shape index (κ1) is 16.8. The van der Waals surface area contributed by atoms with Gasteiger partial charge in [0.1, 0.15) is 23.6 Å². The quantitative estimate of drug-likeness (QED) is 0.522. The van der Waals surface area contributed by atoms with Gasteiger partial charge in [0.25, 0.3) is 0 Å². The van der Waals surface area contributed by atoms with Gasteiger partial charge in [0.05, 0.1) is 34.7 Å². The van der Waals surface area contributed by atoms with Crippen molar-refractivity contribution in [1.82, 2.24) is 19.6 Å². The SMILES string of the molecule is Cn1cc(-n2ncc3ccc(O[C@@H]4CCc5cc(C#N)c(Cl)cc54)cc32)cn1. The van der Waals surface area contributed by atoms with Gasteiger partial charge in [-0.05, 0) is 48.2 Å². The summed E-state index contributed by atoms with van der Waals surface area (Å²) >= 11 is 6.23. The van der Waals surface area contributed by atoms with Crippen molar-refractivity contribution in [3.05, 3.63) is 70.6 Å². The summed E-state index contributed by atoms with van der Waals surface area (Å²) in [4.78, 5) is 0. The highest BCUT2D eigenvalue weighted by atomic mass is 35.5. The molecule has 0 amide bonds. The van der Waals surface area contributed by atoms with Gasteiger partial charge < -0.3 is 4.74 Å². The lowest BCUT2D eigenvalue weighted by molar-refractivity contribution is 0.208. The third-order valence-electron chi connectivity index (χ3n) is 5.13. The molecule has 0 saturated heterocycles. The van der Waals surface area contributed by atoms with E-state index in [9.17, 15) is 5.26 Å². The normalized spacial score (nSPS) is 15.5. The molecule has 0 N–H and O–H groups in total. The summed E-state index contributed by atoms with van der Waals surface area (Å²) < 4.78 is 9.90. The van der Waals surface area contributed by atoms with E-state index in [0.29, 0.717) is 10.6 Å². The Kier molecular flexibility index (Phi) is 3.85. The van der Waals surface area contributed by atoms with E-state index >= 15 is 0 Å². The van der Waals surface area contributed by atoms with Crippen LogP contribution in [0.2, 0.25) is 5.02 Å². The van der Waals surface area contributed by atoms with Crippen LogP contribution in [0, 0.1) is 11.3 Å². The minimum atomic E-state index is -0.0764. The van der Waals surface area contributed by atoms with Crippen molar-refractivity contribution in [2.45, 2.75) is 18.9 Å². The zero-order valence-electron chi connectivity index (χ0n) is 15.1. The first-order valence-corrected chi connectivity index (χ1v) is 9.36. The van der Waals surface area contributed by atoms with Gasteiger partial charge in [-0.25, -0.2) is 4.68 Å². The van der Waals surface area contributed by atoms with Gasteiger partial charge in [-0.1, -0.05) is 11.6 Å². The molecule has 1 aliphatic carbocycles. The third kappa shape index (κ3) is 2.72. The first-order valence-electron chi connectivity index (χ1n) is 8.98. The van der Waals surface area contributed by atoms with Crippen LogP contribution >= 0.6 is 11.6 Å². The van der Waals surface area contributed by atoms with Crippen molar-refractivity contribution < 1.29 is 4.74 Å². The lowest BCUT2D eigenvalue weighted by Crippen LogP contribution is -2.04. The number of rotatable bonds is 3. The van der Waals surface area contributed by atoms with Crippen molar-refractivity contribution in [1.29, 1.82) is 5.26 Å². The highest BCUT2D eigenvalue weighted by Gasteiger charge is 2.26. The molecule has 5 rings (SSSR count). The van der Waals surface area contributed by atoms with Gasteiger partial charge in [-0.3, -0.25) is 4.68 Å². The van der Waals surface area contributed by atoms with E-state index in [2.05, 4.69) is 16.3 Å². The molecule has 138 valence electrons. The van der Waals surface area contributed by atoms with Crippen LogP contribution in [-0.2, 0) is 13.5 Å². The van der Waals surface area contributed by atoms with E-state index in [0.717, 1.165) is 46.3 Å². The summed E-state index contributed by atoms with van der Waals surface area (Å²) in [7, 11) is 1.88. The number of aryl methyl sites for hydroxylation is 2. The Balaban J connectivity index is 1.49. The average molecular weight is 390 g/mol. The predicted molar refractivity (Wildman–Crippen MR) is 106 cm³/mol. The molecule has 2 aromatic heterocycles. The molecular weight excluding hydrogens is 374 g/mol. The number of halogens is 1. The van der Waals surface area contributed by atoms with E-state index in [1.807, 2.05) is 54.5 Å². The fourth-order valence-electron chi connectivity index (χ4n) is 3.76. The van der Waals surface area contributed by atoms with Gasteiger partial charge in [-0.15, -0.1) is 0 Å². The molecule has 4 aromatic rings. The van der Waals surface area contributed by atoms with Crippen LogP contribution in [0.15, 0.2) is 48.9 Å². The number of hydrogen-bond acceptors (Lipinski definition) is 4. The zero-order chi connectivity index (χ0) is 19.3. The number of hydrogen-bond donors (Lipinski definition) is 0. The third-order valence-corrected chi connectivity index (χ3v) is 5.44. The Bertz CT molecular complexity index is 1250. The lowest BCUT2D eigenvalue weighted by atomic mass is 10.1. The van der Waals surface area contributed by atoms with Gasteiger partial charge in [0.15, 0.2) is 0 Å². The molecule has 2 heterocycles. The minimum Gasteiger partial charge on any atom is -0.486 e. The maximum Gasteiger partial charge on any atom is 0.124 e. The molecule has 0 fully saturated rings. The Hall–Kier alpha value is -3.30. The summed E-state index contributed by atoms with van der Waals surface area (Å²) in [5, 5.41) is 19.4. The van der Waals surface area contributed by atoms with Crippen LogP contribution in [0.25, 0.3) is 16.6 Å². The molecule has 0 unspecified atom stereocenters. The number of nitriles is 1. The Morgan fingerprint density at radius 2 is 2.11 bits per heavy atom. The van der Waals surface area contributed by atoms with Crippen LogP contribution in [0.4, 0.5) is 0 Å². The molecular formula is C21H16ClN5O. The number of benzene rings is 2. The number of nitrogens with zero attached hydrogens (tertiary/aromatic N) is 5. The fourth-order valence-corrected chi connectivity index (χ4v) is 3.97. The first-order chi connectivity index (χ1) is 13.6. The lowest BCUT2D eigenvalue weighted by Gasteiger charge is -2.16. The molecule has 0 spiro atoms. The van der Waals surface area contributed by atoms with Gasteiger partial charge in [-0.2, -0.15) is 15.5 Å². The van der Waals surface area contributed by atoms with Crippen LogP contribution in [0.3, 0.4) is 0 Å². The van der Waals surface area contributed by atoms with E-state index < -0.39 is 0 Å². The largest absolute Gasteiger partial charge is 0.486 e. The molecule has 7 heteroatoms. The molecule has 6 nitrogen and oxygen atoms in total. The molecule has 0 bridgehead atoms. The van der Waals surface area contributed by atoms with Crippen molar-refractivity contribution in [3.8, 4) is 17.5 Å². The van der Waals surface area contributed by atoms with E-state index in [1.165, 1.54) is 0 Å². The van der Waals surface area contributed by atoms with Crippen molar-refractivity contribution in [2.75, 3.05) is 0 Å². The smallest absolute Gasteiger partial charge is 0.124 e. The predicted octanol–water partition coefficient (Wildman–Crippen LogP) is 4.35. The number of aromatic nitrogens is 4. The van der Waals surface area contributed by atoms with Crippen LogP contribution in [0.5, 0.6) is 5.75 Å². The summed E-state index contributed by atoms with van der Waals surface area (Å²) in [6.45, 7) is 0. The van der Waals surface area contributed by atoms with E-state index in [4.69, 9.17) is 16.3 Å². The molecule has 1 aliphatic rings. The molecule has 1 atom stereocenters. The van der Waals surface area contributed by atoms with Gasteiger partial charge in [0.2, 0.25) is 0 Å². The number of ether oxygens (including phenoxy) is 1. The number of fused-ring (bicyclic) bond motifs is 2. The fraction of sp³-hybridized carbons (Fsp3) is 0.190. The molecule has 2 aromatic carbocycles. The molecule has 28 heavy (non-hydrogen) atoms. The Labute approximate surface area is 166 Å². The second-order valence-corrected chi connectivity index (χ2v) is 7.34. The van der Waals surface area contributed by atoms with E-state index in [1.54, 1.807) is 10.9 Å². The van der Waals surface area contributed by atoms with Gasteiger partial charge in [0, 0.05) is 18.5 Å². The summed E-state index contributed by atoms with van der Waals surface area (Å²) in [6, 6.07) is 11.8. The van der Waals surface area contributed by atoms with Crippen molar-refractivity contribution in [2.24, 2.45) is 7.05 Å². The Morgan fingerprint density at radius 1 is 1.21 bits per heavy atom. The Morgan fingerprint density at radius 3 is 2.89 bits per heavy atom. The van der Waals surface area contributed by atoms with Crippen LogP contribution in [0.1, 0.15) is 29.2 Å². The standard InChI is InChI=1S/C21H16ClN5O/c1-26-12-16(11-24-26)27-20-7-17(4-2-14(20)10-25-27)28-21-5-3-13-6-15(9-23)19(22)8-18(13)21/h2,4,6-8,10-12,21H,3,5H2,1H3/t21-/m1/s1. The molecule has 0 radical (unpaired) electrons. The maximum absolute atomic E-state index is 9.17. The second kappa shape index (κ2) is 6.39. The summed E-state index contributed by atoms with van der Waals surface area (Å²) in [5.41, 5.74) is 4.57. The highest BCUT2D eigenvalue weighted by Crippen LogP contribution is 2.38. The topological polar surface area (TPSA) is 68.7 Å². The van der Waals surface area contributed by atoms with Crippen LogP contribution < -0.4 is 4.74 Å². The zero-order valence-corrected chi connectivity index (χ0v) is 15.9. The summed E-state index contributed by atoms with van der Waals surface area (Å²) in [6.07, 6.45) is 7.19. The van der Waals surface area contributed by atoms with Crippen molar-refractivity contribution >= 4 is 22.5 Å². The van der Waals surface area contributed by atoms with Crippen molar-refractivity contribution in [3.63, 3.8) is 0 Å².